The Kier molecular flexibility index (Phi) is 3.07. The van der Waals surface area contributed by atoms with E-state index in [2.05, 4.69) is 0 Å². The summed E-state index contributed by atoms with van der Waals surface area (Å²) in [6.07, 6.45) is 0. The van der Waals surface area contributed by atoms with Crippen LogP contribution in [-0.4, -0.2) is 11.1 Å². The van der Waals surface area contributed by atoms with Gasteiger partial charge in [-0.3, -0.25) is 0 Å². The summed E-state index contributed by atoms with van der Waals surface area (Å²) in [6.45, 7) is 0. The molecule has 0 amide bonds. The van der Waals surface area contributed by atoms with Crippen LogP contribution in [0.4, 0.5) is 4.39 Å². The first kappa shape index (κ1) is 11.8. The quantitative estimate of drug-likeness (QED) is 0.878. The van der Waals surface area contributed by atoms with Gasteiger partial charge in [-0.15, -0.1) is 0 Å². The summed E-state index contributed by atoms with van der Waals surface area (Å²) in [5.41, 5.74) is 1.30. The molecular formula is C14H8FNO2. The van der Waals surface area contributed by atoms with E-state index in [-0.39, 0.29) is 11.1 Å². The van der Waals surface area contributed by atoms with Crippen LogP contribution in [0.2, 0.25) is 0 Å². The van der Waals surface area contributed by atoms with Crippen LogP contribution in [0.15, 0.2) is 42.5 Å². The third kappa shape index (κ3) is 2.20. The first-order valence-corrected chi connectivity index (χ1v) is 5.15. The lowest BCUT2D eigenvalue weighted by molar-refractivity contribution is 0.0697. The molecule has 0 radical (unpaired) electrons. The van der Waals surface area contributed by atoms with Gasteiger partial charge in [0.15, 0.2) is 0 Å². The van der Waals surface area contributed by atoms with Crippen LogP contribution >= 0.6 is 0 Å². The predicted molar refractivity (Wildman–Crippen MR) is 63.5 cm³/mol. The maximum Gasteiger partial charge on any atom is 0.335 e. The number of carbonyl (C=O) groups is 1. The number of carboxylic acid groups (broad SMARTS) is 1. The SMILES string of the molecule is N#Cc1ccc(-c2ccc(C(=O)O)cc2)c(F)c1. The number of aromatic carboxylic acids is 1. The highest BCUT2D eigenvalue weighted by molar-refractivity contribution is 5.88. The van der Waals surface area contributed by atoms with E-state index >= 15 is 0 Å². The normalized spacial score (nSPS) is 9.78. The van der Waals surface area contributed by atoms with E-state index in [0.29, 0.717) is 11.1 Å². The fraction of sp³-hybridized carbons (Fsp3) is 0. The fourth-order valence-electron chi connectivity index (χ4n) is 1.61. The summed E-state index contributed by atoms with van der Waals surface area (Å²) in [6, 6.07) is 11.9. The molecule has 0 aromatic heterocycles. The molecule has 0 bridgehead atoms. The average molecular weight is 241 g/mol. The molecule has 18 heavy (non-hydrogen) atoms. The molecule has 0 unspecified atom stereocenters. The maximum absolute atomic E-state index is 13.7. The summed E-state index contributed by atoms with van der Waals surface area (Å²) in [7, 11) is 0. The lowest BCUT2D eigenvalue weighted by Crippen LogP contribution is -1.95. The molecule has 0 aliphatic rings. The molecule has 2 rings (SSSR count). The standard InChI is InChI=1S/C14H8FNO2/c15-13-7-9(8-16)1-6-12(13)10-2-4-11(5-3-10)14(17)18/h1-7H,(H,17,18). The molecule has 0 saturated heterocycles. The number of nitriles is 1. The molecule has 0 fully saturated rings. The second kappa shape index (κ2) is 4.68. The number of rotatable bonds is 2. The van der Waals surface area contributed by atoms with Crippen molar-refractivity contribution in [2.24, 2.45) is 0 Å². The highest BCUT2D eigenvalue weighted by Crippen LogP contribution is 2.23. The Hall–Kier alpha value is -2.67. The molecule has 0 saturated carbocycles. The van der Waals surface area contributed by atoms with Gasteiger partial charge in [0.25, 0.3) is 0 Å². The Bertz CT molecular complexity index is 642. The van der Waals surface area contributed by atoms with E-state index < -0.39 is 11.8 Å². The lowest BCUT2D eigenvalue weighted by atomic mass is 10.0. The Balaban J connectivity index is 2.43. The van der Waals surface area contributed by atoms with Crippen molar-refractivity contribution < 1.29 is 14.3 Å². The zero-order chi connectivity index (χ0) is 13.1. The van der Waals surface area contributed by atoms with Gasteiger partial charge in [0.2, 0.25) is 0 Å². The van der Waals surface area contributed by atoms with Gasteiger partial charge in [-0.2, -0.15) is 5.26 Å². The van der Waals surface area contributed by atoms with Gasteiger partial charge < -0.3 is 5.11 Å². The first-order valence-electron chi connectivity index (χ1n) is 5.15. The van der Waals surface area contributed by atoms with E-state index in [1.54, 1.807) is 0 Å². The molecule has 2 aromatic carbocycles. The summed E-state index contributed by atoms with van der Waals surface area (Å²) in [5, 5.41) is 17.4. The monoisotopic (exact) mass is 241 g/mol. The van der Waals surface area contributed by atoms with Crippen LogP contribution in [0.3, 0.4) is 0 Å². The van der Waals surface area contributed by atoms with Gasteiger partial charge in [0, 0.05) is 5.56 Å². The Morgan fingerprint density at radius 2 is 1.83 bits per heavy atom. The van der Waals surface area contributed by atoms with Crippen molar-refractivity contribution in [2.45, 2.75) is 0 Å². The molecule has 1 N–H and O–H groups in total. The second-order valence-corrected chi connectivity index (χ2v) is 3.69. The number of hydrogen-bond acceptors (Lipinski definition) is 2. The van der Waals surface area contributed by atoms with Crippen LogP contribution in [0.1, 0.15) is 15.9 Å². The first-order chi connectivity index (χ1) is 8.61. The summed E-state index contributed by atoms with van der Waals surface area (Å²) >= 11 is 0. The van der Waals surface area contributed by atoms with Crippen molar-refractivity contribution in [1.82, 2.24) is 0 Å². The lowest BCUT2D eigenvalue weighted by Gasteiger charge is -2.04. The number of hydrogen-bond donors (Lipinski definition) is 1. The van der Waals surface area contributed by atoms with Crippen molar-refractivity contribution in [3.8, 4) is 17.2 Å². The molecule has 88 valence electrons. The van der Waals surface area contributed by atoms with Crippen LogP contribution in [0, 0.1) is 17.1 Å². The Morgan fingerprint density at radius 3 is 2.33 bits per heavy atom. The molecule has 4 heteroatoms. The molecule has 0 aliphatic heterocycles. The minimum Gasteiger partial charge on any atom is -0.478 e. The van der Waals surface area contributed by atoms with Crippen molar-refractivity contribution in [3.05, 3.63) is 59.4 Å². The van der Waals surface area contributed by atoms with Crippen LogP contribution in [-0.2, 0) is 0 Å². The molecule has 0 aliphatic carbocycles. The molecule has 0 atom stereocenters. The largest absolute Gasteiger partial charge is 0.478 e. The van der Waals surface area contributed by atoms with Gasteiger partial charge in [-0.1, -0.05) is 18.2 Å². The molecular weight excluding hydrogens is 233 g/mol. The predicted octanol–water partition coefficient (Wildman–Crippen LogP) is 3.06. The molecule has 3 nitrogen and oxygen atoms in total. The van der Waals surface area contributed by atoms with Crippen LogP contribution in [0.5, 0.6) is 0 Å². The number of halogens is 1. The zero-order valence-electron chi connectivity index (χ0n) is 9.22. The topological polar surface area (TPSA) is 61.1 Å². The van der Waals surface area contributed by atoms with Crippen molar-refractivity contribution in [2.75, 3.05) is 0 Å². The number of carboxylic acids is 1. The van der Waals surface area contributed by atoms with Gasteiger partial charge in [0.05, 0.1) is 17.2 Å². The zero-order valence-corrected chi connectivity index (χ0v) is 9.22. The summed E-state index contributed by atoms with van der Waals surface area (Å²) in [5.74, 6) is -1.53. The minimum atomic E-state index is -1.03. The van der Waals surface area contributed by atoms with Crippen molar-refractivity contribution >= 4 is 5.97 Å². The van der Waals surface area contributed by atoms with Gasteiger partial charge in [-0.25, -0.2) is 9.18 Å². The minimum absolute atomic E-state index is 0.146. The Morgan fingerprint density at radius 1 is 1.17 bits per heavy atom. The maximum atomic E-state index is 13.7. The van der Waals surface area contributed by atoms with Crippen LogP contribution in [0.25, 0.3) is 11.1 Å². The van der Waals surface area contributed by atoms with Gasteiger partial charge in [-0.05, 0) is 29.8 Å². The highest BCUT2D eigenvalue weighted by atomic mass is 19.1. The highest BCUT2D eigenvalue weighted by Gasteiger charge is 2.07. The Labute approximate surface area is 103 Å². The van der Waals surface area contributed by atoms with Crippen LogP contribution < -0.4 is 0 Å². The van der Waals surface area contributed by atoms with E-state index in [4.69, 9.17) is 10.4 Å². The van der Waals surface area contributed by atoms with E-state index in [9.17, 15) is 9.18 Å². The van der Waals surface area contributed by atoms with Crippen molar-refractivity contribution in [3.63, 3.8) is 0 Å². The smallest absolute Gasteiger partial charge is 0.335 e. The third-order valence-corrected chi connectivity index (χ3v) is 2.54. The summed E-state index contributed by atoms with van der Waals surface area (Å²) < 4.78 is 13.7. The van der Waals surface area contributed by atoms with E-state index in [0.717, 1.165) is 6.07 Å². The van der Waals surface area contributed by atoms with Gasteiger partial charge in [0.1, 0.15) is 5.82 Å². The molecule has 0 spiro atoms. The summed E-state index contributed by atoms with van der Waals surface area (Å²) in [4.78, 5) is 10.7. The van der Waals surface area contributed by atoms with Gasteiger partial charge >= 0.3 is 5.97 Å². The average Bonchev–Trinajstić information content (AvgIpc) is 2.38. The third-order valence-electron chi connectivity index (χ3n) is 2.54. The van der Waals surface area contributed by atoms with E-state index in [1.807, 2.05) is 6.07 Å². The number of benzene rings is 2. The second-order valence-electron chi connectivity index (χ2n) is 3.69. The van der Waals surface area contributed by atoms with E-state index in [1.165, 1.54) is 36.4 Å². The van der Waals surface area contributed by atoms with Crippen molar-refractivity contribution in [1.29, 1.82) is 5.26 Å². The fourth-order valence-corrected chi connectivity index (χ4v) is 1.61. The molecule has 0 heterocycles. The molecule has 2 aromatic rings. The number of nitrogens with zero attached hydrogens (tertiary/aromatic N) is 1.